The van der Waals surface area contributed by atoms with Crippen LogP contribution in [-0.4, -0.2) is 70.9 Å². The molecule has 0 saturated carbocycles. The number of rotatable bonds is 6. The van der Waals surface area contributed by atoms with Gasteiger partial charge in [-0.2, -0.15) is 0 Å². The van der Waals surface area contributed by atoms with Gasteiger partial charge >= 0.3 is 0 Å². The number of likely N-dealkylation sites (tertiary alicyclic amines) is 2. The molecule has 3 heterocycles. The zero-order valence-corrected chi connectivity index (χ0v) is 21.0. The van der Waals surface area contributed by atoms with Crippen LogP contribution in [0.15, 0.2) is 24.5 Å². The van der Waals surface area contributed by atoms with Crippen molar-refractivity contribution in [1.82, 2.24) is 25.1 Å². The van der Waals surface area contributed by atoms with E-state index in [4.69, 9.17) is 23.2 Å². The molecule has 1 aromatic carbocycles. The predicted molar refractivity (Wildman–Crippen MR) is 133 cm³/mol. The second-order valence-corrected chi connectivity index (χ2v) is 9.73. The van der Waals surface area contributed by atoms with Crippen molar-refractivity contribution >= 4 is 40.8 Å². The molecule has 2 aliphatic heterocycles. The molecule has 1 aromatic heterocycles. The van der Waals surface area contributed by atoms with Crippen LogP contribution in [0.4, 0.5) is 5.82 Å². The van der Waals surface area contributed by atoms with E-state index in [2.05, 4.69) is 25.5 Å². The van der Waals surface area contributed by atoms with E-state index in [-0.39, 0.29) is 17.7 Å². The highest BCUT2D eigenvalue weighted by Gasteiger charge is 2.34. The van der Waals surface area contributed by atoms with E-state index in [1.165, 1.54) is 6.33 Å². The van der Waals surface area contributed by atoms with Crippen LogP contribution in [0.5, 0.6) is 0 Å². The van der Waals surface area contributed by atoms with Crippen LogP contribution in [0.25, 0.3) is 0 Å². The van der Waals surface area contributed by atoms with Gasteiger partial charge in [-0.3, -0.25) is 14.5 Å². The zero-order chi connectivity index (χ0) is 24.2. The van der Waals surface area contributed by atoms with Gasteiger partial charge in [-0.25, -0.2) is 9.97 Å². The fourth-order valence-electron chi connectivity index (χ4n) is 4.80. The number of anilines is 1. The van der Waals surface area contributed by atoms with E-state index in [0.717, 1.165) is 43.5 Å². The first-order valence-electron chi connectivity index (χ1n) is 11.6. The van der Waals surface area contributed by atoms with Crippen molar-refractivity contribution in [3.63, 3.8) is 0 Å². The number of piperidine rings is 1. The van der Waals surface area contributed by atoms with Gasteiger partial charge in [-0.1, -0.05) is 29.3 Å². The van der Waals surface area contributed by atoms with Crippen LogP contribution in [0.1, 0.15) is 40.9 Å². The fraction of sp³-hybridized carbons (Fsp3) is 0.500. The predicted octanol–water partition coefficient (Wildman–Crippen LogP) is 3.38. The number of nitrogens with zero attached hydrogens (tertiary/aromatic N) is 4. The summed E-state index contributed by atoms with van der Waals surface area (Å²) < 4.78 is 0. The Morgan fingerprint density at radius 2 is 1.85 bits per heavy atom. The van der Waals surface area contributed by atoms with Crippen LogP contribution in [0.2, 0.25) is 10.0 Å². The molecule has 1 atom stereocenters. The van der Waals surface area contributed by atoms with E-state index in [9.17, 15) is 9.59 Å². The number of carbonyl (C=O) groups is 2. The molecule has 0 bridgehead atoms. The third-order valence-electron chi connectivity index (χ3n) is 6.84. The first-order valence-corrected chi connectivity index (χ1v) is 12.4. The Kier molecular flexibility index (Phi) is 7.91. The van der Waals surface area contributed by atoms with Crippen molar-refractivity contribution in [2.75, 3.05) is 38.5 Å². The average molecular weight is 505 g/mol. The number of hydrogen-bond donors (Lipinski definition) is 2. The van der Waals surface area contributed by atoms with Gasteiger partial charge in [0, 0.05) is 44.8 Å². The minimum Gasteiger partial charge on any atom is -0.366 e. The molecule has 182 valence electrons. The van der Waals surface area contributed by atoms with Crippen LogP contribution >= 0.6 is 23.2 Å². The molecule has 2 aliphatic rings. The maximum absolute atomic E-state index is 13.2. The summed E-state index contributed by atoms with van der Waals surface area (Å²) in [6.45, 7) is 5.47. The molecule has 2 saturated heterocycles. The van der Waals surface area contributed by atoms with E-state index in [0.29, 0.717) is 47.2 Å². The average Bonchev–Trinajstić information content (AvgIpc) is 3.35. The molecule has 34 heavy (non-hydrogen) atoms. The Labute approximate surface area is 210 Å². The quantitative estimate of drug-likeness (QED) is 0.626. The SMILES string of the molecule is CNC(=O)[C@H]1CCN(C2CCN(C(=O)c3ncnc(NCc4ccc(Cl)c(Cl)c4)c3C)CC2)C1. The maximum atomic E-state index is 13.2. The van der Waals surface area contributed by atoms with Gasteiger partial charge in [-0.15, -0.1) is 0 Å². The normalized spacial score (nSPS) is 19.3. The molecule has 2 aromatic rings. The lowest BCUT2D eigenvalue weighted by Gasteiger charge is -2.36. The van der Waals surface area contributed by atoms with E-state index < -0.39 is 0 Å². The van der Waals surface area contributed by atoms with Crippen LogP contribution < -0.4 is 10.6 Å². The molecule has 4 rings (SSSR count). The monoisotopic (exact) mass is 504 g/mol. The minimum absolute atomic E-state index is 0.0689. The van der Waals surface area contributed by atoms with Gasteiger partial charge in [0.05, 0.1) is 16.0 Å². The van der Waals surface area contributed by atoms with Crippen molar-refractivity contribution in [1.29, 1.82) is 0 Å². The number of halogens is 2. The Balaban J connectivity index is 1.34. The molecule has 0 unspecified atom stereocenters. The number of carbonyl (C=O) groups excluding carboxylic acids is 2. The second kappa shape index (κ2) is 10.9. The Morgan fingerprint density at radius 1 is 1.09 bits per heavy atom. The lowest BCUT2D eigenvalue weighted by atomic mass is 10.0. The van der Waals surface area contributed by atoms with Gasteiger partial charge in [0.15, 0.2) is 0 Å². The summed E-state index contributed by atoms with van der Waals surface area (Å²) in [6.07, 6.45) is 4.13. The summed E-state index contributed by atoms with van der Waals surface area (Å²) in [7, 11) is 1.69. The number of hydrogen-bond acceptors (Lipinski definition) is 6. The topological polar surface area (TPSA) is 90.5 Å². The highest BCUT2D eigenvalue weighted by molar-refractivity contribution is 6.42. The van der Waals surface area contributed by atoms with Gasteiger partial charge in [0.1, 0.15) is 17.8 Å². The molecule has 2 fully saturated rings. The fourth-order valence-corrected chi connectivity index (χ4v) is 5.12. The Bertz CT molecular complexity index is 1060. The van der Waals surface area contributed by atoms with E-state index in [1.54, 1.807) is 19.2 Å². The van der Waals surface area contributed by atoms with Gasteiger partial charge < -0.3 is 15.5 Å². The molecule has 0 aliphatic carbocycles. The van der Waals surface area contributed by atoms with E-state index >= 15 is 0 Å². The van der Waals surface area contributed by atoms with Gasteiger partial charge in [-0.05, 0) is 50.4 Å². The summed E-state index contributed by atoms with van der Waals surface area (Å²) in [5.74, 6) is 0.748. The Hall–Kier alpha value is -2.42. The molecular formula is C24H30Cl2N6O2. The first-order chi connectivity index (χ1) is 16.4. The summed E-state index contributed by atoms with van der Waals surface area (Å²) in [6, 6.07) is 5.87. The summed E-state index contributed by atoms with van der Waals surface area (Å²) in [5.41, 5.74) is 2.11. The molecule has 0 radical (unpaired) electrons. The minimum atomic E-state index is -0.0689. The van der Waals surface area contributed by atoms with Crippen molar-refractivity contribution in [3.05, 3.63) is 51.4 Å². The van der Waals surface area contributed by atoms with Crippen LogP contribution in [-0.2, 0) is 11.3 Å². The first kappa shape index (κ1) is 24.7. The van der Waals surface area contributed by atoms with Crippen molar-refractivity contribution < 1.29 is 9.59 Å². The zero-order valence-electron chi connectivity index (χ0n) is 19.5. The van der Waals surface area contributed by atoms with Gasteiger partial charge in [0.25, 0.3) is 5.91 Å². The van der Waals surface area contributed by atoms with Crippen molar-refractivity contribution in [2.45, 2.75) is 38.8 Å². The third kappa shape index (κ3) is 5.45. The molecule has 0 spiro atoms. The second-order valence-electron chi connectivity index (χ2n) is 8.92. The van der Waals surface area contributed by atoms with Crippen molar-refractivity contribution in [3.8, 4) is 0 Å². The number of nitrogens with one attached hydrogen (secondary N) is 2. The smallest absolute Gasteiger partial charge is 0.272 e. The molecule has 2 N–H and O–H groups in total. The third-order valence-corrected chi connectivity index (χ3v) is 7.57. The highest BCUT2D eigenvalue weighted by atomic mass is 35.5. The summed E-state index contributed by atoms with van der Waals surface area (Å²) in [5, 5.41) is 7.04. The number of aromatic nitrogens is 2. The number of benzene rings is 1. The molecule has 10 heteroatoms. The Morgan fingerprint density at radius 3 is 2.56 bits per heavy atom. The van der Waals surface area contributed by atoms with Crippen LogP contribution in [0.3, 0.4) is 0 Å². The molecule has 8 nitrogen and oxygen atoms in total. The molecular weight excluding hydrogens is 475 g/mol. The summed E-state index contributed by atoms with van der Waals surface area (Å²) in [4.78, 5) is 38.1. The largest absolute Gasteiger partial charge is 0.366 e. The van der Waals surface area contributed by atoms with E-state index in [1.807, 2.05) is 17.9 Å². The van der Waals surface area contributed by atoms with Crippen molar-refractivity contribution in [2.24, 2.45) is 5.92 Å². The van der Waals surface area contributed by atoms with Crippen LogP contribution in [0, 0.1) is 12.8 Å². The number of amides is 2. The summed E-state index contributed by atoms with van der Waals surface area (Å²) >= 11 is 12.1. The van der Waals surface area contributed by atoms with Gasteiger partial charge in [0.2, 0.25) is 5.91 Å². The maximum Gasteiger partial charge on any atom is 0.272 e. The standard InChI is InChI=1S/C24H30Cl2N6O2/c1-15-21(29-14-30-22(15)28-12-16-3-4-19(25)20(26)11-16)24(34)31-9-6-18(7-10-31)32-8-5-17(13-32)23(33)27-2/h3-4,11,14,17-18H,5-10,12-13H2,1-2H3,(H,27,33)(H,28,29,30)/t17-/m0/s1. The molecule has 2 amide bonds. The highest BCUT2D eigenvalue weighted by Crippen LogP contribution is 2.26. The lowest BCUT2D eigenvalue weighted by Crippen LogP contribution is -2.46. The lowest BCUT2D eigenvalue weighted by molar-refractivity contribution is -0.124.